The molecule has 3 aromatic rings. The standard InChI is InChI=1S/C18H15ClFN/c1-12(15-10-9-14(20)11-17(15)19)21-18-8-4-6-13-5-2-3-7-16(13)18/h2-12,21H,1H3. The second kappa shape index (κ2) is 5.74. The van der Waals surface area contributed by atoms with Crippen molar-refractivity contribution in [2.45, 2.75) is 13.0 Å². The predicted octanol–water partition coefficient (Wildman–Crippen LogP) is 5.81. The molecule has 0 fully saturated rings. The Bertz CT molecular complexity index is 780. The maximum absolute atomic E-state index is 13.1. The molecular formula is C18H15ClFN. The second-order valence-electron chi connectivity index (χ2n) is 5.06. The van der Waals surface area contributed by atoms with Gasteiger partial charge in [-0.3, -0.25) is 0 Å². The first-order valence-corrected chi connectivity index (χ1v) is 7.22. The van der Waals surface area contributed by atoms with Gasteiger partial charge < -0.3 is 5.32 Å². The molecular weight excluding hydrogens is 285 g/mol. The van der Waals surface area contributed by atoms with Crippen LogP contribution in [0.2, 0.25) is 5.02 Å². The molecule has 0 spiro atoms. The van der Waals surface area contributed by atoms with Crippen LogP contribution in [-0.4, -0.2) is 0 Å². The lowest BCUT2D eigenvalue weighted by Gasteiger charge is -2.18. The zero-order chi connectivity index (χ0) is 14.8. The molecule has 1 atom stereocenters. The molecule has 21 heavy (non-hydrogen) atoms. The maximum atomic E-state index is 13.1. The minimum Gasteiger partial charge on any atom is -0.378 e. The fourth-order valence-electron chi connectivity index (χ4n) is 2.51. The molecule has 3 heteroatoms. The van der Waals surface area contributed by atoms with Crippen LogP contribution in [0.25, 0.3) is 10.8 Å². The molecule has 1 N–H and O–H groups in total. The van der Waals surface area contributed by atoms with Crippen molar-refractivity contribution in [2.24, 2.45) is 0 Å². The summed E-state index contributed by atoms with van der Waals surface area (Å²) < 4.78 is 13.1. The average Bonchev–Trinajstić information content (AvgIpc) is 2.47. The van der Waals surface area contributed by atoms with Crippen LogP contribution in [0.3, 0.4) is 0 Å². The van der Waals surface area contributed by atoms with E-state index in [-0.39, 0.29) is 11.9 Å². The summed E-state index contributed by atoms with van der Waals surface area (Å²) >= 11 is 6.13. The first kappa shape index (κ1) is 13.9. The minimum atomic E-state index is -0.318. The van der Waals surface area contributed by atoms with Crippen LogP contribution in [0, 0.1) is 5.82 Å². The van der Waals surface area contributed by atoms with Crippen LogP contribution < -0.4 is 5.32 Å². The van der Waals surface area contributed by atoms with Gasteiger partial charge in [-0.15, -0.1) is 0 Å². The van der Waals surface area contributed by atoms with Crippen molar-refractivity contribution < 1.29 is 4.39 Å². The Morgan fingerprint density at radius 3 is 2.57 bits per heavy atom. The van der Waals surface area contributed by atoms with Gasteiger partial charge in [0.05, 0.1) is 6.04 Å². The number of hydrogen-bond acceptors (Lipinski definition) is 1. The smallest absolute Gasteiger partial charge is 0.124 e. The normalized spacial score (nSPS) is 12.3. The molecule has 1 unspecified atom stereocenters. The summed E-state index contributed by atoms with van der Waals surface area (Å²) in [4.78, 5) is 0. The van der Waals surface area contributed by atoms with E-state index in [0.717, 1.165) is 16.6 Å². The van der Waals surface area contributed by atoms with Crippen molar-refractivity contribution in [3.8, 4) is 0 Å². The molecule has 3 aromatic carbocycles. The van der Waals surface area contributed by atoms with Gasteiger partial charge in [0.1, 0.15) is 5.82 Å². The molecule has 3 rings (SSSR count). The third-order valence-corrected chi connectivity index (χ3v) is 3.92. The van der Waals surface area contributed by atoms with Gasteiger partial charge in [-0.25, -0.2) is 4.39 Å². The molecule has 0 aromatic heterocycles. The molecule has 0 aliphatic rings. The van der Waals surface area contributed by atoms with Crippen molar-refractivity contribution in [2.75, 3.05) is 5.32 Å². The van der Waals surface area contributed by atoms with Crippen molar-refractivity contribution in [1.29, 1.82) is 0 Å². The van der Waals surface area contributed by atoms with E-state index in [1.54, 1.807) is 6.07 Å². The Balaban J connectivity index is 1.94. The predicted molar refractivity (Wildman–Crippen MR) is 87.4 cm³/mol. The summed E-state index contributed by atoms with van der Waals surface area (Å²) in [5.41, 5.74) is 1.92. The first-order chi connectivity index (χ1) is 10.1. The van der Waals surface area contributed by atoms with Gasteiger partial charge in [0, 0.05) is 16.1 Å². The molecule has 0 radical (unpaired) electrons. The van der Waals surface area contributed by atoms with Crippen LogP contribution in [-0.2, 0) is 0 Å². The maximum Gasteiger partial charge on any atom is 0.124 e. The largest absolute Gasteiger partial charge is 0.378 e. The summed E-state index contributed by atoms with van der Waals surface area (Å²) in [5, 5.41) is 6.23. The number of halogens is 2. The van der Waals surface area contributed by atoms with Crippen LogP contribution in [0.1, 0.15) is 18.5 Å². The number of benzene rings is 3. The van der Waals surface area contributed by atoms with Crippen LogP contribution in [0.4, 0.5) is 10.1 Å². The van der Waals surface area contributed by atoms with Gasteiger partial charge in [0.2, 0.25) is 0 Å². The quantitative estimate of drug-likeness (QED) is 0.644. The molecule has 0 saturated carbocycles. The highest BCUT2D eigenvalue weighted by Gasteiger charge is 2.11. The van der Waals surface area contributed by atoms with E-state index >= 15 is 0 Å². The molecule has 106 valence electrons. The fourth-order valence-corrected chi connectivity index (χ4v) is 2.85. The van der Waals surface area contributed by atoms with Gasteiger partial charge in [-0.1, -0.05) is 54.1 Å². The zero-order valence-electron chi connectivity index (χ0n) is 11.6. The lowest BCUT2D eigenvalue weighted by molar-refractivity contribution is 0.626. The highest BCUT2D eigenvalue weighted by Crippen LogP contribution is 2.30. The van der Waals surface area contributed by atoms with Crippen molar-refractivity contribution >= 4 is 28.1 Å². The Hall–Kier alpha value is -2.06. The molecule has 0 saturated heterocycles. The number of fused-ring (bicyclic) bond motifs is 1. The van der Waals surface area contributed by atoms with Crippen molar-refractivity contribution in [1.82, 2.24) is 0 Å². The van der Waals surface area contributed by atoms with E-state index in [9.17, 15) is 4.39 Å². The topological polar surface area (TPSA) is 12.0 Å². The number of nitrogens with one attached hydrogen (secondary N) is 1. The zero-order valence-corrected chi connectivity index (χ0v) is 12.4. The van der Waals surface area contributed by atoms with Crippen molar-refractivity contribution in [3.05, 3.63) is 77.1 Å². The highest BCUT2D eigenvalue weighted by molar-refractivity contribution is 6.31. The van der Waals surface area contributed by atoms with Gasteiger partial charge >= 0.3 is 0 Å². The SMILES string of the molecule is CC(Nc1cccc2ccccc12)c1ccc(F)cc1Cl. The molecule has 0 bridgehead atoms. The summed E-state index contributed by atoms with van der Waals surface area (Å²) in [7, 11) is 0. The van der Waals surface area contributed by atoms with E-state index < -0.39 is 0 Å². The van der Waals surface area contributed by atoms with E-state index in [4.69, 9.17) is 11.6 Å². The monoisotopic (exact) mass is 299 g/mol. The van der Waals surface area contributed by atoms with E-state index in [2.05, 4.69) is 23.5 Å². The van der Waals surface area contributed by atoms with Gasteiger partial charge in [0.25, 0.3) is 0 Å². The highest BCUT2D eigenvalue weighted by atomic mass is 35.5. The summed E-state index contributed by atoms with van der Waals surface area (Å²) in [6.07, 6.45) is 0. The summed E-state index contributed by atoms with van der Waals surface area (Å²) in [5.74, 6) is -0.318. The Labute approximate surface area is 128 Å². The Kier molecular flexibility index (Phi) is 3.80. The van der Waals surface area contributed by atoms with Crippen LogP contribution >= 0.6 is 11.6 Å². The Morgan fingerprint density at radius 1 is 1.00 bits per heavy atom. The summed E-state index contributed by atoms with van der Waals surface area (Å²) in [6.45, 7) is 2.01. The summed E-state index contributed by atoms with van der Waals surface area (Å²) in [6, 6.07) is 18.8. The van der Waals surface area contributed by atoms with Crippen molar-refractivity contribution in [3.63, 3.8) is 0 Å². The fraction of sp³-hybridized carbons (Fsp3) is 0.111. The Morgan fingerprint density at radius 2 is 1.76 bits per heavy atom. The van der Waals surface area contributed by atoms with Gasteiger partial charge in [-0.05, 0) is 36.1 Å². The van der Waals surface area contributed by atoms with E-state index in [1.165, 1.54) is 17.5 Å². The lowest BCUT2D eigenvalue weighted by atomic mass is 10.1. The molecule has 0 aliphatic heterocycles. The van der Waals surface area contributed by atoms with Crippen LogP contribution in [0.15, 0.2) is 60.7 Å². The average molecular weight is 300 g/mol. The lowest BCUT2D eigenvalue weighted by Crippen LogP contribution is -2.07. The number of rotatable bonds is 3. The van der Waals surface area contributed by atoms with E-state index in [1.807, 2.05) is 31.2 Å². The molecule has 0 aliphatic carbocycles. The first-order valence-electron chi connectivity index (χ1n) is 6.84. The number of anilines is 1. The van der Waals surface area contributed by atoms with E-state index in [0.29, 0.717) is 5.02 Å². The van der Waals surface area contributed by atoms with Crippen LogP contribution in [0.5, 0.6) is 0 Å². The molecule has 0 amide bonds. The van der Waals surface area contributed by atoms with Gasteiger partial charge in [0.15, 0.2) is 0 Å². The third kappa shape index (κ3) is 2.86. The molecule has 1 nitrogen and oxygen atoms in total. The number of hydrogen-bond donors (Lipinski definition) is 1. The molecule has 0 heterocycles. The third-order valence-electron chi connectivity index (χ3n) is 3.59. The minimum absolute atomic E-state index is 0.0103. The van der Waals surface area contributed by atoms with Gasteiger partial charge in [-0.2, -0.15) is 0 Å². The second-order valence-corrected chi connectivity index (χ2v) is 5.47.